The molecular weight excluding hydrogens is 244 g/mol. The van der Waals surface area contributed by atoms with E-state index in [2.05, 4.69) is 6.92 Å². The standard InChI is InChI=1S/C19H22O/c1-2-3-4-8-11-19(20)18-14-12-17(13-15-18)16-9-6-5-7-10-16/h5-7,9-10,12-15H,2-4,8,11H2,1H3/i11D2. The van der Waals surface area contributed by atoms with Crippen LogP contribution in [0.2, 0.25) is 0 Å². The number of rotatable bonds is 7. The zero-order valence-corrected chi connectivity index (χ0v) is 11.9. The lowest BCUT2D eigenvalue weighted by atomic mass is 10.00. The van der Waals surface area contributed by atoms with E-state index in [1.165, 1.54) is 0 Å². The van der Waals surface area contributed by atoms with Crippen LogP contribution in [0.1, 0.15) is 52.1 Å². The van der Waals surface area contributed by atoms with E-state index in [0.717, 1.165) is 30.4 Å². The van der Waals surface area contributed by atoms with Crippen LogP contribution in [0.3, 0.4) is 0 Å². The van der Waals surface area contributed by atoms with E-state index >= 15 is 0 Å². The lowest BCUT2D eigenvalue weighted by Gasteiger charge is -2.04. The highest BCUT2D eigenvalue weighted by atomic mass is 16.1. The zero-order valence-electron chi connectivity index (χ0n) is 13.9. The molecule has 104 valence electrons. The highest BCUT2D eigenvalue weighted by Gasteiger charge is 2.05. The molecule has 2 rings (SSSR count). The lowest BCUT2D eigenvalue weighted by Crippen LogP contribution is -1.98. The molecule has 2 aromatic rings. The van der Waals surface area contributed by atoms with E-state index < -0.39 is 12.2 Å². The maximum Gasteiger partial charge on any atom is 0.162 e. The van der Waals surface area contributed by atoms with Crippen LogP contribution in [-0.4, -0.2) is 5.78 Å². The summed E-state index contributed by atoms with van der Waals surface area (Å²) in [5.41, 5.74) is 2.57. The van der Waals surface area contributed by atoms with Gasteiger partial charge in [0.2, 0.25) is 0 Å². The second-order valence-corrected chi connectivity index (χ2v) is 4.91. The van der Waals surface area contributed by atoms with Crippen LogP contribution in [-0.2, 0) is 0 Å². The second-order valence-electron chi connectivity index (χ2n) is 4.91. The Morgan fingerprint density at radius 3 is 2.20 bits per heavy atom. The summed E-state index contributed by atoms with van der Waals surface area (Å²) < 4.78 is 16.0. The number of carbonyl (C=O) groups is 1. The fourth-order valence-corrected chi connectivity index (χ4v) is 2.12. The molecule has 0 aromatic heterocycles. The number of hydrogen-bond acceptors (Lipinski definition) is 1. The average Bonchev–Trinajstić information content (AvgIpc) is 2.55. The highest BCUT2D eigenvalue weighted by molar-refractivity contribution is 5.96. The Labute approximate surface area is 124 Å². The summed E-state index contributed by atoms with van der Waals surface area (Å²) in [7, 11) is 0. The minimum Gasteiger partial charge on any atom is -0.294 e. The predicted octanol–water partition coefficient (Wildman–Crippen LogP) is 5.51. The number of Topliss-reactive ketones (excluding diaryl/α,β-unsaturated/α-hetero) is 1. The summed E-state index contributed by atoms with van der Waals surface area (Å²) >= 11 is 0. The molecule has 0 spiro atoms. The fraction of sp³-hybridized carbons (Fsp3) is 0.316. The van der Waals surface area contributed by atoms with Crippen molar-refractivity contribution in [1.82, 2.24) is 0 Å². The molecule has 2 aromatic carbocycles. The number of ketones is 1. The predicted molar refractivity (Wildman–Crippen MR) is 85.0 cm³/mol. The fourth-order valence-electron chi connectivity index (χ4n) is 2.12. The lowest BCUT2D eigenvalue weighted by molar-refractivity contribution is 0.0979. The molecule has 0 saturated carbocycles. The summed E-state index contributed by atoms with van der Waals surface area (Å²) in [6.07, 6.45) is 1.25. The van der Waals surface area contributed by atoms with E-state index in [4.69, 9.17) is 2.74 Å². The van der Waals surface area contributed by atoms with Gasteiger partial charge in [0.05, 0.1) is 0 Å². The van der Waals surface area contributed by atoms with Crippen LogP contribution in [0, 0.1) is 0 Å². The normalized spacial score (nSPS) is 12.7. The van der Waals surface area contributed by atoms with Gasteiger partial charge in [0, 0.05) is 14.7 Å². The van der Waals surface area contributed by atoms with Crippen molar-refractivity contribution in [2.45, 2.75) is 39.0 Å². The molecule has 0 atom stereocenters. The number of carbonyl (C=O) groups excluding carboxylic acids is 1. The van der Waals surface area contributed by atoms with Crippen molar-refractivity contribution in [3.63, 3.8) is 0 Å². The number of hydrogen-bond donors (Lipinski definition) is 0. The molecule has 0 aliphatic heterocycles. The molecule has 0 unspecified atom stereocenters. The van der Waals surface area contributed by atoms with Crippen molar-refractivity contribution in [3.05, 3.63) is 60.2 Å². The molecule has 0 aliphatic carbocycles. The van der Waals surface area contributed by atoms with Crippen LogP contribution in [0.25, 0.3) is 11.1 Å². The maximum atomic E-state index is 12.3. The first kappa shape index (κ1) is 11.9. The van der Waals surface area contributed by atoms with Crippen LogP contribution >= 0.6 is 0 Å². The van der Waals surface area contributed by atoms with E-state index in [-0.39, 0.29) is 0 Å². The van der Waals surface area contributed by atoms with Crippen molar-refractivity contribution < 1.29 is 7.54 Å². The number of unbranched alkanes of at least 4 members (excludes halogenated alkanes) is 2. The van der Waals surface area contributed by atoms with Gasteiger partial charge in [0.25, 0.3) is 0 Å². The third-order valence-corrected chi connectivity index (χ3v) is 3.32. The first-order valence-corrected chi connectivity index (χ1v) is 7.25. The SMILES string of the molecule is [2H]C([2H])(CCCCC)C(=O)c1ccc(-c2ccccc2)cc1. The van der Waals surface area contributed by atoms with Crippen molar-refractivity contribution >= 4 is 5.78 Å². The smallest absolute Gasteiger partial charge is 0.162 e. The number of benzene rings is 2. The van der Waals surface area contributed by atoms with E-state index in [0.29, 0.717) is 12.0 Å². The van der Waals surface area contributed by atoms with Crippen LogP contribution < -0.4 is 0 Å². The van der Waals surface area contributed by atoms with E-state index in [1.807, 2.05) is 42.5 Å². The Hall–Kier alpha value is -1.89. The Kier molecular flexibility index (Phi) is 4.54. The molecule has 0 saturated heterocycles. The first-order valence-electron chi connectivity index (χ1n) is 8.25. The summed E-state index contributed by atoms with van der Waals surface area (Å²) in [5, 5.41) is 0. The van der Waals surface area contributed by atoms with Gasteiger partial charge in [0.15, 0.2) is 5.78 Å². The zero-order chi connectivity index (χ0) is 16.0. The molecule has 1 heteroatoms. The third kappa shape index (κ3) is 4.06. The topological polar surface area (TPSA) is 17.1 Å². The van der Waals surface area contributed by atoms with Gasteiger partial charge < -0.3 is 0 Å². The minimum absolute atomic E-state index is 0.292. The van der Waals surface area contributed by atoms with Crippen molar-refractivity contribution in [2.24, 2.45) is 0 Å². The maximum absolute atomic E-state index is 12.3. The van der Waals surface area contributed by atoms with Crippen LogP contribution in [0.5, 0.6) is 0 Å². The molecule has 0 N–H and O–H groups in total. The third-order valence-electron chi connectivity index (χ3n) is 3.32. The Balaban J connectivity index is 2.11. The van der Waals surface area contributed by atoms with Gasteiger partial charge in [0.1, 0.15) is 0 Å². The van der Waals surface area contributed by atoms with Gasteiger partial charge in [-0.05, 0) is 17.5 Å². The largest absolute Gasteiger partial charge is 0.294 e. The molecule has 0 radical (unpaired) electrons. The summed E-state index contributed by atoms with van der Waals surface area (Å²) in [6.45, 7) is 2.07. The van der Waals surface area contributed by atoms with E-state index in [9.17, 15) is 4.79 Å². The molecule has 0 aliphatic rings. The van der Waals surface area contributed by atoms with Crippen molar-refractivity contribution in [2.75, 3.05) is 0 Å². The van der Waals surface area contributed by atoms with Crippen LogP contribution in [0.4, 0.5) is 0 Å². The van der Waals surface area contributed by atoms with Crippen molar-refractivity contribution in [3.8, 4) is 11.1 Å². The summed E-state index contributed by atoms with van der Waals surface area (Å²) in [5.74, 6) is -0.414. The molecule has 0 fully saturated rings. The molecule has 1 nitrogen and oxygen atoms in total. The molecular formula is C19H22O. The molecule has 20 heavy (non-hydrogen) atoms. The van der Waals surface area contributed by atoms with Crippen LogP contribution in [0.15, 0.2) is 54.6 Å². The van der Waals surface area contributed by atoms with E-state index in [1.54, 1.807) is 12.1 Å². The minimum atomic E-state index is -1.77. The van der Waals surface area contributed by atoms with Crippen molar-refractivity contribution in [1.29, 1.82) is 0 Å². The quantitative estimate of drug-likeness (QED) is 0.478. The van der Waals surface area contributed by atoms with Gasteiger partial charge in [-0.1, -0.05) is 80.8 Å². The van der Waals surface area contributed by atoms with Gasteiger partial charge >= 0.3 is 0 Å². The van der Waals surface area contributed by atoms with Gasteiger partial charge in [-0.2, -0.15) is 0 Å². The average molecular weight is 268 g/mol. The summed E-state index contributed by atoms with van der Waals surface area (Å²) in [4.78, 5) is 12.3. The Bertz CT molecular complexity index is 603. The molecule has 0 heterocycles. The Morgan fingerprint density at radius 2 is 1.55 bits per heavy atom. The molecule has 0 bridgehead atoms. The first-order chi connectivity index (χ1) is 10.5. The molecule has 0 amide bonds. The van der Waals surface area contributed by atoms with Gasteiger partial charge in [-0.3, -0.25) is 4.79 Å². The highest BCUT2D eigenvalue weighted by Crippen LogP contribution is 2.20. The monoisotopic (exact) mass is 268 g/mol. The van der Waals surface area contributed by atoms with Gasteiger partial charge in [-0.15, -0.1) is 0 Å². The Morgan fingerprint density at radius 1 is 0.900 bits per heavy atom. The van der Waals surface area contributed by atoms with Gasteiger partial charge in [-0.25, -0.2) is 0 Å². The summed E-state index contributed by atoms with van der Waals surface area (Å²) in [6, 6.07) is 17.1. The second kappa shape index (κ2) is 7.64.